The molecule has 0 aromatic heterocycles. The highest BCUT2D eigenvalue weighted by Gasteiger charge is 2.18. The maximum absolute atomic E-state index is 12.3. The summed E-state index contributed by atoms with van der Waals surface area (Å²) in [6, 6.07) is 17.0. The van der Waals surface area contributed by atoms with Crippen LogP contribution in [0.1, 0.15) is 29.6 Å². The summed E-state index contributed by atoms with van der Waals surface area (Å²) in [7, 11) is 0. The van der Waals surface area contributed by atoms with Gasteiger partial charge in [0, 0.05) is 37.3 Å². The molecule has 0 atom stereocenters. The van der Waals surface area contributed by atoms with E-state index in [-0.39, 0.29) is 11.8 Å². The lowest BCUT2D eigenvalue weighted by atomic mass is 10.2. The standard InChI is InChI=1S/C22H27N3O3/c26-21-11-5-14-25(21)15-6-12-23-19-8-4-7-18(17-19)22(27)24-13-16-28-20-9-2-1-3-10-20/h1-4,7-10,17,23H,5-6,11-16H2,(H,24,27). The van der Waals surface area contributed by atoms with Crippen LogP contribution in [-0.2, 0) is 4.79 Å². The van der Waals surface area contributed by atoms with Crippen molar-refractivity contribution in [3.63, 3.8) is 0 Å². The molecule has 1 heterocycles. The van der Waals surface area contributed by atoms with Crippen LogP contribution in [0.15, 0.2) is 54.6 Å². The minimum absolute atomic E-state index is 0.122. The molecule has 0 aliphatic carbocycles. The number of hydrogen-bond acceptors (Lipinski definition) is 4. The number of hydrogen-bond donors (Lipinski definition) is 2. The quantitative estimate of drug-likeness (QED) is 0.621. The number of benzene rings is 2. The van der Waals surface area contributed by atoms with E-state index in [1.165, 1.54) is 0 Å². The first-order valence-electron chi connectivity index (χ1n) is 9.80. The third-order valence-electron chi connectivity index (χ3n) is 4.63. The molecule has 2 amide bonds. The van der Waals surface area contributed by atoms with Gasteiger partial charge in [-0.3, -0.25) is 9.59 Å². The van der Waals surface area contributed by atoms with Crippen molar-refractivity contribution in [1.29, 1.82) is 0 Å². The molecule has 0 bridgehead atoms. The minimum atomic E-state index is -0.122. The lowest BCUT2D eigenvalue weighted by Gasteiger charge is -2.15. The summed E-state index contributed by atoms with van der Waals surface area (Å²) in [6.07, 6.45) is 2.54. The number of amides is 2. The second-order valence-corrected chi connectivity index (χ2v) is 6.76. The van der Waals surface area contributed by atoms with Gasteiger partial charge >= 0.3 is 0 Å². The number of carbonyl (C=O) groups is 2. The fourth-order valence-corrected chi connectivity index (χ4v) is 3.17. The highest BCUT2D eigenvalue weighted by molar-refractivity contribution is 5.95. The normalized spacial score (nSPS) is 13.4. The van der Waals surface area contributed by atoms with Gasteiger partial charge in [0.15, 0.2) is 0 Å². The largest absolute Gasteiger partial charge is 0.492 e. The fraction of sp³-hybridized carbons (Fsp3) is 0.364. The maximum atomic E-state index is 12.3. The molecule has 2 aromatic carbocycles. The molecule has 6 nitrogen and oxygen atoms in total. The molecule has 1 aliphatic rings. The summed E-state index contributed by atoms with van der Waals surface area (Å²) in [5.74, 6) is 0.927. The average molecular weight is 381 g/mol. The molecule has 1 aliphatic heterocycles. The SMILES string of the molecule is O=C(NCCOc1ccccc1)c1cccc(NCCCN2CCCC2=O)c1. The Balaban J connectivity index is 1.37. The first kappa shape index (κ1) is 19.7. The molecule has 6 heteroatoms. The van der Waals surface area contributed by atoms with Crippen LogP contribution in [0.25, 0.3) is 0 Å². The number of rotatable bonds is 10. The first-order valence-corrected chi connectivity index (χ1v) is 9.80. The Morgan fingerprint density at radius 1 is 1.07 bits per heavy atom. The molecule has 28 heavy (non-hydrogen) atoms. The molecule has 0 spiro atoms. The number of likely N-dealkylation sites (tertiary alicyclic amines) is 1. The third kappa shape index (κ3) is 6.01. The van der Waals surface area contributed by atoms with Crippen molar-refractivity contribution < 1.29 is 14.3 Å². The van der Waals surface area contributed by atoms with Crippen molar-refractivity contribution in [1.82, 2.24) is 10.2 Å². The van der Waals surface area contributed by atoms with E-state index in [0.29, 0.717) is 25.1 Å². The van der Waals surface area contributed by atoms with Crippen LogP contribution < -0.4 is 15.4 Å². The van der Waals surface area contributed by atoms with Gasteiger partial charge in [0.2, 0.25) is 5.91 Å². The van der Waals surface area contributed by atoms with Crippen molar-refractivity contribution >= 4 is 17.5 Å². The van der Waals surface area contributed by atoms with Crippen LogP contribution in [0.3, 0.4) is 0 Å². The molecular formula is C22H27N3O3. The van der Waals surface area contributed by atoms with Crippen LogP contribution >= 0.6 is 0 Å². The van der Waals surface area contributed by atoms with Crippen molar-refractivity contribution in [3.8, 4) is 5.75 Å². The van der Waals surface area contributed by atoms with E-state index in [1.807, 2.05) is 53.4 Å². The zero-order valence-electron chi connectivity index (χ0n) is 16.0. The minimum Gasteiger partial charge on any atom is -0.492 e. The smallest absolute Gasteiger partial charge is 0.251 e. The molecular weight excluding hydrogens is 354 g/mol. The molecule has 0 unspecified atom stereocenters. The lowest BCUT2D eigenvalue weighted by molar-refractivity contribution is -0.127. The van der Waals surface area contributed by atoms with E-state index in [4.69, 9.17) is 4.74 Å². The predicted molar refractivity (Wildman–Crippen MR) is 110 cm³/mol. The van der Waals surface area contributed by atoms with Crippen LogP contribution in [0.2, 0.25) is 0 Å². The first-order chi connectivity index (χ1) is 13.7. The van der Waals surface area contributed by atoms with Gasteiger partial charge in [0.25, 0.3) is 5.91 Å². The summed E-state index contributed by atoms with van der Waals surface area (Å²) < 4.78 is 5.58. The molecule has 1 fully saturated rings. The number of anilines is 1. The highest BCUT2D eigenvalue weighted by atomic mass is 16.5. The zero-order chi connectivity index (χ0) is 19.6. The highest BCUT2D eigenvalue weighted by Crippen LogP contribution is 2.12. The Bertz CT molecular complexity index is 780. The second kappa shape index (κ2) is 10.3. The number of nitrogens with zero attached hydrogens (tertiary/aromatic N) is 1. The number of carbonyl (C=O) groups excluding carboxylic acids is 2. The van der Waals surface area contributed by atoms with Crippen LogP contribution in [-0.4, -0.2) is 49.5 Å². The summed E-state index contributed by atoms with van der Waals surface area (Å²) in [5.41, 5.74) is 1.51. The van der Waals surface area contributed by atoms with Gasteiger partial charge < -0.3 is 20.3 Å². The van der Waals surface area contributed by atoms with Crippen molar-refractivity contribution in [2.24, 2.45) is 0 Å². The van der Waals surface area contributed by atoms with E-state index in [9.17, 15) is 9.59 Å². The molecule has 2 aromatic rings. The number of nitrogens with one attached hydrogen (secondary N) is 2. The molecule has 148 valence electrons. The molecule has 1 saturated heterocycles. The Morgan fingerprint density at radius 2 is 1.93 bits per heavy atom. The van der Waals surface area contributed by atoms with E-state index in [2.05, 4.69) is 10.6 Å². The zero-order valence-corrected chi connectivity index (χ0v) is 16.0. The molecule has 0 saturated carbocycles. The topological polar surface area (TPSA) is 70.7 Å². The van der Waals surface area contributed by atoms with Crippen LogP contribution in [0.4, 0.5) is 5.69 Å². The van der Waals surface area contributed by atoms with Gasteiger partial charge in [-0.15, -0.1) is 0 Å². The Kier molecular flexibility index (Phi) is 7.29. The predicted octanol–water partition coefficient (Wildman–Crippen LogP) is 2.92. The van der Waals surface area contributed by atoms with Crippen LogP contribution in [0, 0.1) is 0 Å². The average Bonchev–Trinajstić information content (AvgIpc) is 3.14. The molecule has 2 N–H and O–H groups in total. The van der Waals surface area contributed by atoms with Gasteiger partial charge in [0.05, 0.1) is 6.54 Å². The Labute approximate surface area is 165 Å². The number of ether oxygens (including phenoxy) is 1. The second-order valence-electron chi connectivity index (χ2n) is 6.76. The van der Waals surface area contributed by atoms with Gasteiger partial charge in [0.1, 0.15) is 12.4 Å². The van der Waals surface area contributed by atoms with E-state index < -0.39 is 0 Å². The van der Waals surface area contributed by atoms with Crippen molar-refractivity contribution in [3.05, 3.63) is 60.2 Å². The lowest BCUT2D eigenvalue weighted by Crippen LogP contribution is -2.28. The number of para-hydroxylation sites is 1. The van der Waals surface area contributed by atoms with Gasteiger partial charge in [-0.1, -0.05) is 24.3 Å². The summed E-state index contributed by atoms with van der Waals surface area (Å²) in [4.78, 5) is 25.8. The summed E-state index contributed by atoms with van der Waals surface area (Å²) in [5, 5.41) is 6.19. The van der Waals surface area contributed by atoms with E-state index in [0.717, 1.165) is 43.9 Å². The summed E-state index contributed by atoms with van der Waals surface area (Å²) >= 11 is 0. The van der Waals surface area contributed by atoms with Crippen molar-refractivity contribution in [2.45, 2.75) is 19.3 Å². The van der Waals surface area contributed by atoms with Gasteiger partial charge in [-0.25, -0.2) is 0 Å². The monoisotopic (exact) mass is 381 g/mol. The Morgan fingerprint density at radius 3 is 2.71 bits per heavy atom. The van der Waals surface area contributed by atoms with E-state index in [1.54, 1.807) is 6.07 Å². The maximum Gasteiger partial charge on any atom is 0.251 e. The molecule has 0 radical (unpaired) electrons. The fourth-order valence-electron chi connectivity index (χ4n) is 3.17. The van der Waals surface area contributed by atoms with Gasteiger partial charge in [-0.05, 0) is 43.2 Å². The van der Waals surface area contributed by atoms with E-state index >= 15 is 0 Å². The molecule has 3 rings (SSSR count). The Hall–Kier alpha value is -3.02. The van der Waals surface area contributed by atoms with Crippen LogP contribution in [0.5, 0.6) is 5.75 Å². The van der Waals surface area contributed by atoms with Gasteiger partial charge in [-0.2, -0.15) is 0 Å². The summed E-state index contributed by atoms with van der Waals surface area (Å²) in [6.45, 7) is 3.29. The van der Waals surface area contributed by atoms with Crippen molar-refractivity contribution in [2.75, 3.05) is 38.1 Å². The third-order valence-corrected chi connectivity index (χ3v) is 4.63.